The van der Waals surface area contributed by atoms with E-state index in [2.05, 4.69) is 4.98 Å². The molecule has 0 atom stereocenters. The number of nitrogens with zero attached hydrogens (tertiary/aromatic N) is 2. The van der Waals surface area contributed by atoms with E-state index < -0.39 is 0 Å². The van der Waals surface area contributed by atoms with Gasteiger partial charge in [0, 0.05) is 23.3 Å². The fourth-order valence-corrected chi connectivity index (χ4v) is 2.19. The van der Waals surface area contributed by atoms with Gasteiger partial charge in [0.15, 0.2) is 0 Å². The zero-order valence-corrected chi connectivity index (χ0v) is 9.39. The average molecular weight is 226 g/mol. The molecule has 17 heavy (non-hydrogen) atoms. The number of para-hydroxylation sites is 1. The Morgan fingerprint density at radius 3 is 2.65 bits per heavy atom. The Balaban J connectivity index is 2.38. The number of hydrogen-bond donors (Lipinski definition) is 0. The Kier molecular flexibility index (Phi) is 2.18. The van der Waals surface area contributed by atoms with Gasteiger partial charge in [-0.15, -0.1) is 0 Å². The average Bonchev–Trinajstić information content (AvgIpc) is 2.64. The summed E-state index contributed by atoms with van der Waals surface area (Å²) in [7, 11) is 0. The monoisotopic (exact) mass is 226 g/mol. The molecule has 2 nitrogen and oxygen atoms in total. The standard InChI is InChI=1S/C14H11FN2/c1-10-12-6-2-3-7-13(12)17(15)14(10)11-5-4-8-16-9-11/h2-9H,1H3. The van der Waals surface area contributed by atoms with E-state index in [1.54, 1.807) is 18.5 Å². The second kappa shape index (κ2) is 3.70. The molecule has 0 N–H and O–H groups in total. The summed E-state index contributed by atoms with van der Waals surface area (Å²) in [6, 6.07) is 11.1. The number of pyridine rings is 1. The summed E-state index contributed by atoms with van der Waals surface area (Å²) in [6.45, 7) is 1.93. The highest BCUT2D eigenvalue weighted by Gasteiger charge is 2.15. The smallest absolute Gasteiger partial charge is 0.0870 e. The molecular weight excluding hydrogens is 215 g/mol. The van der Waals surface area contributed by atoms with Gasteiger partial charge in [0.2, 0.25) is 0 Å². The Labute approximate surface area is 98.3 Å². The largest absolute Gasteiger partial charge is 0.264 e. The van der Waals surface area contributed by atoms with Crippen LogP contribution in [0.3, 0.4) is 0 Å². The third-order valence-electron chi connectivity index (χ3n) is 3.01. The predicted molar refractivity (Wildman–Crippen MR) is 66.4 cm³/mol. The van der Waals surface area contributed by atoms with Gasteiger partial charge in [-0.3, -0.25) is 4.98 Å². The van der Waals surface area contributed by atoms with Crippen LogP contribution >= 0.6 is 0 Å². The fraction of sp³-hybridized carbons (Fsp3) is 0.0714. The molecule has 2 heterocycles. The lowest BCUT2D eigenvalue weighted by atomic mass is 10.1. The van der Waals surface area contributed by atoms with E-state index in [0.717, 1.165) is 21.3 Å². The maximum absolute atomic E-state index is 14.3. The van der Waals surface area contributed by atoms with E-state index in [4.69, 9.17) is 0 Å². The zero-order valence-electron chi connectivity index (χ0n) is 9.39. The maximum atomic E-state index is 14.3. The van der Waals surface area contributed by atoms with E-state index in [0.29, 0.717) is 11.2 Å². The molecule has 2 aromatic heterocycles. The number of halogens is 1. The number of aryl methyl sites for hydroxylation is 1. The first-order valence-electron chi connectivity index (χ1n) is 5.45. The van der Waals surface area contributed by atoms with E-state index in [-0.39, 0.29) is 0 Å². The van der Waals surface area contributed by atoms with Crippen molar-refractivity contribution in [2.24, 2.45) is 0 Å². The summed E-state index contributed by atoms with van der Waals surface area (Å²) in [6.07, 6.45) is 3.36. The number of hydrogen-bond acceptors (Lipinski definition) is 1. The Hall–Kier alpha value is -2.16. The molecule has 0 saturated carbocycles. The summed E-state index contributed by atoms with van der Waals surface area (Å²) in [5.41, 5.74) is 2.92. The van der Waals surface area contributed by atoms with Gasteiger partial charge in [-0.25, -0.2) is 0 Å². The normalized spacial score (nSPS) is 10.9. The number of aromatic nitrogens is 2. The van der Waals surface area contributed by atoms with E-state index in [1.165, 1.54) is 0 Å². The van der Waals surface area contributed by atoms with Gasteiger partial charge < -0.3 is 0 Å². The summed E-state index contributed by atoms with van der Waals surface area (Å²) in [4.78, 5) is 4.77. The molecule has 84 valence electrons. The third-order valence-corrected chi connectivity index (χ3v) is 3.01. The summed E-state index contributed by atoms with van der Waals surface area (Å²) >= 11 is 0. The highest BCUT2D eigenvalue weighted by Crippen LogP contribution is 2.32. The minimum absolute atomic E-state index is 0.583. The number of benzene rings is 1. The highest BCUT2D eigenvalue weighted by atomic mass is 19.2. The molecule has 0 aliphatic carbocycles. The van der Waals surface area contributed by atoms with Crippen LogP contribution in [0.5, 0.6) is 0 Å². The summed E-state index contributed by atoms with van der Waals surface area (Å²) in [5.74, 6) is 0. The molecular formula is C14H11FN2. The van der Waals surface area contributed by atoms with Crippen LogP contribution in [0.1, 0.15) is 5.56 Å². The lowest BCUT2D eigenvalue weighted by molar-refractivity contribution is 0.393. The number of rotatable bonds is 1. The molecule has 1 aromatic carbocycles. The SMILES string of the molecule is Cc1c(-c2cccnc2)n(F)c2ccccc12. The maximum Gasteiger partial charge on any atom is 0.0870 e. The first-order valence-corrected chi connectivity index (χ1v) is 5.45. The van der Waals surface area contributed by atoms with Crippen LogP contribution in [0.25, 0.3) is 22.2 Å². The van der Waals surface area contributed by atoms with Gasteiger partial charge in [0.25, 0.3) is 0 Å². The molecule has 0 radical (unpaired) electrons. The van der Waals surface area contributed by atoms with Gasteiger partial charge in [0.05, 0.1) is 11.2 Å². The van der Waals surface area contributed by atoms with Crippen LogP contribution in [-0.2, 0) is 0 Å². The highest BCUT2D eigenvalue weighted by molar-refractivity contribution is 5.90. The Bertz CT molecular complexity index is 632. The van der Waals surface area contributed by atoms with Crippen LogP contribution in [0, 0.1) is 6.92 Å². The zero-order chi connectivity index (χ0) is 11.8. The third kappa shape index (κ3) is 1.43. The molecule has 0 amide bonds. The summed E-state index contributed by atoms with van der Waals surface area (Å²) < 4.78 is 14.3. The van der Waals surface area contributed by atoms with Crippen molar-refractivity contribution >= 4 is 10.9 Å². The van der Waals surface area contributed by atoms with Crippen molar-refractivity contribution < 1.29 is 4.48 Å². The van der Waals surface area contributed by atoms with Crippen molar-refractivity contribution in [1.29, 1.82) is 0 Å². The van der Waals surface area contributed by atoms with Gasteiger partial charge >= 0.3 is 0 Å². The van der Waals surface area contributed by atoms with Crippen LogP contribution in [-0.4, -0.2) is 9.77 Å². The molecule has 0 aliphatic heterocycles. The lowest BCUT2D eigenvalue weighted by Crippen LogP contribution is -1.88. The quantitative estimate of drug-likeness (QED) is 0.618. The molecule has 0 aliphatic rings. The minimum atomic E-state index is 0.583. The molecule has 0 bridgehead atoms. The van der Waals surface area contributed by atoms with Gasteiger partial charge in [-0.05, 0) is 30.7 Å². The van der Waals surface area contributed by atoms with Crippen molar-refractivity contribution in [1.82, 2.24) is 9.77 Å². The van der Waals surface area contributed by atoms with E-state index >= 15 is 0 Å². The van der Waals surface area contributed by atoms with Crippen molar-refractivity contribution in [3.8, 4) is 11.3 Å². The van der Waals surface area contributed by atoms with Crippen molar-refractivity contribution in [2.45, 2.75) is 6.92 Å². The minimum Gasteiger partial charge on any atom is -0.264 e. The molecule has 0 unspecified atom stereocenters. The van der Waals surface area contributed by atoms with Gasteiger partial charge in [0.1, 0.15) is 0 Å². The topological polar surface area (TPSA) is 17.8 Å². The van der Waals surface area contributed by atoms with Crippen molar-refractivity contribution in [3.05, 3.63) is 54.4 Å². The van der Waals surface area contributed by atoms with Gasteiger partial charge in [-0.2, -0.15) is 4.79 Å². The van der Waals surface area contributed by atoms with Crippen LogP contribution in [0.4, 0.5) is 4.48 Å². The Morgan fingerprint density at radius 2 is 1.94 bits per heavy atom. The number of fused-ring (bicyclic) bond motifs is 1. The Morgan fingerprint density at radius 1 is 1.12 bits per heavy atom. The lowest BCUT2D eigenvalue weighted by Gasteiger charge is -2.01. The van der Waals surface area contributed by atoms with Crippen molar-refractivity contribution in [3.63, 3.8) is 0 Å². The van der Waals surface area contributed by atoms with Crippen LogP contribution in [0.15, 0.2) is 48.8 Å². The first-order chi connectivity index (χ1) is 8.29. The predicted octanol–water partition coefficient (Wildman–Crippen LogP) is 3.74. The molecule has 3 rings (SSSR count). The van der Waals surface area contributed by atoms with E-state index in [9.17, 15) is 4.48 Å². The summed E-state index contributed by atoms with van der Waals surface area (Å²) in [5, 5.41) is 0.939. The van der Waals surface area contributed by atoms with Crippen molar-refractivity contribution in [2.75, 3.05) is 0 Å². The second-order valence-electron chi connectivity index (χ2n) is 4.01. The van der Waals surface area contributed by atoms with Gasteiger partial charge in [-0.1, -0.05) is 22.7 Å². The fourth-order valence-electron chi connectivity index (χ4n) is 2.19. The van der Waals surface area contributed by atoms with Crippen LogP contribution < -0.4 is 0 Å². The molecule has 0 fully saturated rings. The van der Waals surface area contributed by atoms with Crippen LogP contribution in [0.2, 0.25) is 0 Å². The second-order valence-corrected chi connectivity index (χ2v) is 4.01. The first kappa shape index (κ1) is 10.0. The van der Waals surface area contributed by atoms with E-state index in [1.807, 2.05) is 37.3 Å². The molecule has 3 aromatic rings. The molecule has 0 spiro atoms. The molecule has 3 heteroatoms. The molecule has 0 saturated heterocycles.